The number of hydrogen-bond donors (Lipinski definition) is 1. The molecule has 3 aromatic rings. The van der Waals surface area contributed by atoms with Gasteiger partial charge in [-0.1, -0.05) is 6.08 Å². The summed E-state index contributed by atoms with van der Waals surface area (Å²) in [7, 11) is 1.60. The van der Waals surface area contributed by atoms with Crippen molar-refractivity contribution in [2.24, 2.45) is 0 Å². The van der Waals surface area contributed by atoms with E-state index < -0.39 is 0 Å². The van der Waals surface area contributed by atoms with Crippen LogP contribution in [0.2, 0.25) is 0 Å². The predicted molar refractivity (Wildman–Crippen MR) is 117 cm³/mol. The number of carbonyl (C=O) groups is 1. The first-order valence-corrected chi connectivity index (χ1v) is 10.5. The molecule has 0 fully saturated rings. The summed E-state index contributed by atoms with van der Waals surface area (Å²) in [5, 5.41) is 11.7. The number of aromatic nitrogens is 3. The summed E-state index contributed by atoms with van der Waals surface area (Å²) in [6.45, 7) is 4.09. The molecule has 31 heavy (non-hydrogen) atoms. The van der Waals surface area contributed by atoms with Crippen LogP contribution in [0.3, 0.4) is 0 Å². The molecule has 0 unspecified atom stereocenters. The second kappa shape index (κ2) is 10.1. The van der Waals surface area contributed by atoms with Crippen LogP contribution < -0.4 is 10.1 Å². The van der Waals surface area contributed by atoms with Gasteiger partial charge >= 0.3 is 0 Å². The third kappa shape index (κ3) is 5.40. The van der Waals surface area contributed by atoms with Crippen LogP contribution in [0.25, 0.3) is 6.08 Å². The number of amides is 1. The average Bonchev–Trinajstić information content (AvgIpc) is 3.40. The van der Waals surface area contributed by atoms with Crippen molar-refractivity contribution >= 4 is 12.0 Å². The summed E-state index contributed by atoms with van der Waals surface area (Å²) in [4.78, 5) is 14.7. The maximum atomic E-state index is 12.3. The van der Waals surface area contributed by atoms with Crippen molar-refractivity contribution in [1.29, 1.82) is 0 Å². The summed E-state index contributed by atoms with van der Waals surface area (Å²) in [6.07, 6.45) is 7.31. The summed E-state index contributed by atoms with van der Waals surface area (Å²) in [5.41, 5.74) is 0.610. The molecule has 0 radical (unpaired) electrons. The van der Waals surface area contributed by atoms with Gasteiger partial charge in [0.15, 0.2) is 0 Å². The maximum Gasteiger partial charge on any atom is 0.251 e. The highest BCUT2D eigenvalue weighted by Crippen LogP contribution is 2.12. The summed E-state index contributed by atoms with van der Waals surface area (Å²) in [5.74, 6) is 3.42. The van der Waals surface area contributed by atoms with E-state index in [2.05, 4.69) is 31.1 Å². The lowest BCUT2D eigenvalue weighted by Gasteiger charge is -2.17. The number of fused-ring (bicyclic) bond motifs is 1. The zero-order chi connectivity index (χ0) is 21.5. The molecule has 1 amide bonds. The highest BCUT2D eigenvalue weighted by atomic mass is 16.5. The van der Waals surface area contributed by atoms with Gasteiger partial charge in [-0.3, -0.25) is 9.69 Å². The maximum absolute atomic E-state index is 12.3. The van der Waals surface area contributed by atoms with Crippen LogP contribution in [0, 0.1) is 0 Å². The van der Waals surface area contributed by atoms with Crippen molar-refractivity contribution in [3.63, 3.8) is 0 Å². The largest absolute Gasteiger partial charge is 0.497 e. The highest BCUT2D eigenvalue weighted by Gasteiger charge is 2.18. The van der Waals surface area contributed by atoms with Crippen molar-refractivity contribution in [2.75, 3.05) is 33.3 Å². The zero-order valence-corrected chi connectivity index (χ0v) is 17.7. The minimum absolute atomic E-state index is 0.104. The predicted octanol–water partition coefficient (Wildman–Crippen LogP) is 2.42. The molecule has 1 N–H and O–H groups in total. The third-order valence-electron chi connectivity index (χ3n) is 5.37. The molecule has 0 aliphatic carbocycles. The second-order valence-electron chi connectivity index (χ2n) is 7.39. The van der Waals surface area contributed by atoms with E-state index in [1.54, 1.807) is 37.6 Å². The number of carbonyl (C=O) groups excluding carboxylic acids is 1. The molecule has 0 saturated heterocycles. The second-order valence-corrected chi connectivity index (χ2v) is 7.39. The summed E-state index contributed by atoms with van der Waals surface area (Å²) < 4.78 is 12.6. The van der Waals surface area contributed by atoms with Gasteiger partial charge in [-0.05, 0) is 42.5 Å². The summed E-state index contributed by atoms with van der Waals surface area (Å²) in [6, 6.07) is 10.9. The molecule has 0 atom stereocenters. The number of nitrogens with one attached hydrogen (secondary N) is 1. The van der Waals surface area contributed by atoms with E-state index in [-0.39, 0.29) is 5.91 Å². The van der Waals surface area contributed by atoms with Gasteiger partial charge in [0, 0.05) is 51.1 Å². The smallest absolute Gasteiger partial charge is 0.251 e. The van der Waals surface area contributed by atoms with Crippen LogP contribution in [0.1, 0.15) is 27.8 Å². The van der Waals surface area contributed by atoms with Crippen molar-refractivity contribution in [3.05, 3.63) is 71.7 Å². The standard InChI is InChI=1S/C23H27N5O3/c1-30-19-8-6-18(7-9-19)23(29)24-12-10-21-25-26-22-11-14-27(15-16-28(21)22)13-2-4-20-5-3-17-31-20/h2-9,17H,10-16H2,1H3,(H,24,29)/b4-2+. The minimum atomic E-state index is -0.104. The summed E-state index contributed by atoms with van der Waals surface area (Å²) >= 11 is 0. The number of ether oxygens (including phenoxy) is 1. The molecule has 162 valence electrons. The normalized spacial score (nSPS) is 14.4. The van der Waals surface area contributed by atoms with Gasteiger partial charge in [-0.2, -0.15) is 0 Å². The number of hydrogen-bond acceptors (Lipinski definition) is 6. The quantitative estimate of drug-likeness (QED) is 0.601. The third-order valence-corrected chi connectivity index (χ3v) is 5.37. The van der Waals surface area contributed by atoms with Gasteiger partial charge in [0.25, 0.3) is 5.91 Å². The fraction of sp³-hybridized carbons (Fsp3) is 0.348. The molecule has 0 bridgehead atoms. The number of nitrogens with zero attached hydrogens (tertiary/aromatic N) is 4. The molecular formula is C23H27N5O3. The lowest BCUT2D eigenvalue weighted by atomic mass is 10.2. The molecule has 0 saturated carbocycles. The molecule has 1 aliphatic rings. The van der Waals surface area contributed by atoms with E-state index in [1.165, 1.54) is 0 Å². The lowest BCUT2D eigenvalue weighted by molar-refractivity contribution is 0.0954. The van der Waals surface area contributed by atoms with Gasteiger partial charge in [0.1, 0.15) is 23.2 Å². The molecular weight excluding hydrogens is 394 g/mol. The molecule has 1 aliphatic heterocycles. The molecule has 4 rings (SSSR count). The first kappa shape index (κ1) is 20.9. The van der Waals surface area contributed by atoms with Gasteiger partial charge < -0.3 is 19.0 Å². The number of methoxy groups -OCH3 is 1. The highest BCUT2D eigenvalue weighted by molar-refractivity contribution is 5.94. The van der Waals surface area contributed by atoms with Crippen molar-refractivity contribution < 1.29 is 13.9 Å². The molecule has 8 heteroatoms. The Morgan fingerprint density at radius 3 is 2.84 bits per heavy atom. The van der Waals surface area contributed by atoms with Gasteiger partial charge in [-0.25, -0.2) is 0 Å². The van der Waals surface area contributed by atoms with Gasteiger partial charge in [0.2, 0.25) is 0 Å². The zero-order valence-electron chi connectivity index (χ0n) is 17.7. The fourth-order valence-corrected chi connectivity index (χ4v) is 3.63. The molecule has 0 spiro atoms. The number of rotatable bonds is 8. The van der Waals surface area contributed by atoms with Crippen LogP contribution in [-0.2, 0) is 19.4 Å². The number of furan rings is 1. The first-order valence-electron chi connectivity index (χ1n) is 10.5. The van der Waals surface area contributed by atoms with E-state index in [0.717, 1.165) is 55.8 Å². The van der Waals surface area contributed by atoms with Gasteiger partial charge in [-0.15, -0.1) is 10.2 Å². The van der Waals surface area contributed by atoms with Crippen LogP contribution in [-0.4, -0.2) is 58.9 Å². The fourth-order valence-electron chi connectivity index (χ4n) is 3.63. The van der Waals surface area contributed by atoms with E-state index >= 15 is 0 Å². The van der Waals surface area contributed by atoms with Crippen LogP contribution in [0.15, 0.2) is 53.2 Å². The first-order chi connectivity index (χ1) is 15.2. The van der Waals surface area contributed by atoms with E-state index in [1.807, 2.05) is 18.2 Å². The molecule has 2 aromatic heterocycles. The van der Waals surface area contributed by atoms with Crippen molar-refractivity contribution in [2.45, 2.75) is 19.4 Å². The Bertz CT molecular complexity index is 1010. The minimum Gasteiger partial charge on any atom is -0.497 e. The van der Waals surface area contributed by atoms with Crippen molar-refractivity contribution in [3.8, 4) is 5.75 Å². The Kier molecular flexibility index (Phi) is 6.78. The Balaban J connectivity index is 1.26. The van der Waals surface area contributed by atoms with Crippen molar-refractivity contribution in [1.82, 2.24) is 25.0 Å². The van der Waals surface area contributed by atoms with Crippen LogP contribution >= 0.6 is 0 Å². The average molecular weight is 422 g/mol. The molecule has 1 aromatic carbocycles. The Labute approximate surface area is 181 Å². The van der Waals surface area contributed by atoms with E-state index in [4.69, 9.17) is 9.15 Å². The molecule has 3 heterocycles. The molecule has 8 nitrogen and oxygen atoms in total. The van der Waals surface area contributed by atoms with Gasteiger partial charge in [0.05, 0.1) is 13.4 Å². The monoisotopic (exact) mass is 421 g/mol. The van der Waals surface area contributed by atoms with E-state index in [9.17, 15) is 4.79 Å². The van der Waals surface area contributed by atoms with Crippen LogP contribution in [0.5, 0.6) is 5.75 Å². The van der Waals surface area contributed by atoms with E-state index in [0.29, 0.717) is 18.5 Å². The van der Waals surface area contributed by atoms with Crippen LogP contribution in [0.4, 0.5) is 0 Å². The topological polar surface area (TPSA) is 85.4 Å². The SMILES string of the molecule is COc1ccc(C(=O)NCCc2nnc3n2CCN(C/C=C/c2ccco2)CC3)cc1. The Morgan fingerprint density at radius 2 is 2.06 bits per heavy atom. The lowest BCUT2D eigenvalue weighted by Crippen LogP contribution is -2.28. The Hall–Kier alpha value is -3.39. The number of benzene rings is 1. The Morgan fingerprint density at radius 1 is 1.19 bits per heavy atom.